The first kappa shape index (κ1) is 22.6. The highest BCUT2D eigenvalue weighted by atomic mass is 19.1. The van der Waals surface area contributed by atoms with Crippen LogP contribution in [0.2, 0.25) is 0 Å². The van der Waals surface area contributed by atoms with Gasteiger partial charge in [-0.15, -0.1) is 0 Å². The van der Waals surface area contributed by atoms with Crippen molar-refractivity contribution in [2.45, 2.75) is 51.7 Å². The van der Waals surface area contributed by atoms with Gasteiger partial charge in [0, 0.05) is 30.8 Å². The number of benzene rings is 2. The summed E-state index contributed by atoms with van der Waals surface area (Å²) in [6.45, 7) is 5.25. The number of ether oxygens (including phenoxy) is 1. The van der Waals surface area contributed by atoms with E-state index in [2.05, 4.69) is 24.5 Å². The van der Waals surface area contributed by atoms with E-state index in [9.17, 15) is 14.0 Å². The highest BCUT2D eigenvalue weighted by molar-refractivity contribution is 6.06. The normalized spacial score (nSPS) is 23.6. The number of anilines is 2. The summed E-state index contributed by atoms with van der Waals surface area (Å²) in [6, 6.07) is 12.6. The molecule has 2 unspecified atom stereocenters. The molecule has 1 saturated heterocycles. The molecule has 0 aromatic heterocycles. The maximum Gasteiger partial charge on any atom is 0.322 e. The van der Waals surface area contributed by atoms with Crippen molar-refractivity contribution in [3.05, 3.63) is 71.2 Å². The van der Waals surface area contributed by atoms with Crippen molar-refractivity contribution in [2.75, 3.05) is 23.4 Å². The highest BCUT2D eigenvalue weighted by Crippen LogP contribution is 2.48. The molecule has 0 radical (unpaired) electrons. The Bertz CT molecular complexity index is 1140. The molecule has 2 aliphatic heterocycles. The second kappa shape index (κ2) is 8.87. The Morgan fingerprint density at radius 2 is 1.94 bits per heavy atom. The predicted molar refractivity (Wildman–Crippen MR) is 129 cm³/mol. The molecule has 1 aliphatic carbocycles. The van der Waals surface area contributed by atoms with Crippen LogP contribution >= 0.6 is 0 Å². The molecule has 6 nitrogen and oxygen atoms in total. The van der Waals surface area contributed by atoms with Crippen LogP contribution in [0.4, 0.5) is 20.6 Å². The Hall–Kier alpha value is -3.19. The van der Waals surface area contributed by atoms with Crippen LogP contribution in [-0.2, 0) is 9.53 Å². The Labute approximate surface area is 199 Å². The first-order valence-electron chi connectivity index (χ1n) is 11.9. The maximum atomic E-state index is 13.8. The summed E-state index contributed by atoms with van der Waals surface area (Å²) in [5.74, 6) is -0.367. The van der Waals surface area contributed by atoms with E-state index in [0.29, 0.717) is 42.8 Å². The third kappa shape index (κ3) is 4.32. The summed E-state index contributed by atoms with van der Waals surface area (Å²) >= 11 is 0. The first-order chi connectivity index (χ1) is 16.3. The SMILES string of the molecule is CC1(C)CC(=O)C2=C(C1)Nc1ccccc1N(C(=O)NCC1CCCO1)C2c1ccc(F)cc1. The third-order valence-corrected chi connectivity index (χ3v) is 6.81. The molecule has 2 heterocycles. The Kier molecular flexibility index (Phi) is 5.90. The van der Waals surface area contributed by atoms with Gasteiger partial charge in [0.25, 0.3) is 0 Å². The second-order valence-electron chi connectivity index (χ2n) is 10.1. The molecule has 2 N–H and O–H groups in total. The Balaban J connectivity index is 1.64. The van der Waals surface area contributed by atoms with Crippen LogP contribution in [0.25, 0.3) is 0 Å². The monoisotopic (exact) mass is 463 g/mol. The molecular weight excluding hydrogens is 433 g/mol. The third-order valence-electron chi connectivity index (χ3n) is 6.81. The van der Waals surface area contributed by atoms with Gasteiger partial charge in [0.15, 0.2) is 5.78 Å². The Morgan fingerprint density at radius 3 is 2.68 bits per heavy atom. The number of allylic oxidation sites excluding steroid dienone is 1. The van der Waals surface area contributed by atoms with Crippen molar-refractivity contribution < 1.29 is 18.7 Å². The molecule has 0 bridgehead atoms. The minimum Gasteiger partial charge on any atom is -0.376 e. The predicted octanol–water partition coefficient (Wildman–Crippen LogP) is 5.33. The van der Waals surface area contributed by atoms with Gasteiger partial charge in [-0.3, -0.25) is 9.69 Å². The van der Waals surface area contributed by atoms with Gasteiger partial charge < -0.3 is 15.4 Å². The van der Waals surface area contributed by atoms with Crippen molar-refractivity contribution in [3.63, 3.8) is 0 Å². The quantitative estimate of drug-likeness (QED) is 0.645. The van der Waals surface area contributed by atoms with Gasteiger partial charge in [-0.1, -0.05) is 38.1 Å². The summed E-state index contributed by atoms with van der Waals surface area (Å²) < 4.78 is 19.5. The number of carbonyl (C=O) groups is 2. The lowest BCUT2D eigenvalue weighted by molar-refractivity contribution is -0.118. The lowest BCUT2D eigenvalue weighted by Crippen LogP contribution is -2.46. The van der Waals surface area contributed by atoms with Crippen molar-refractivity contribution in [3.8, 4) is 0 Å². The average molecular weight is 464 g/mol. The summed E-state index contributed by atoms with van der Waals surface area (Å²) in [5, 5.41) is 6.51. The lowest BCUT2D eigenvalue weighted by atomic mass is 9.73. The summed E-state index contributed by atoms with van der Waals surface area (Å²) in [5.41, 5.74) is 3.29. The van der Waals surface area contributed by atoms with Gasteiger partial charge in [0.1, 0.15) is 5.82 Å². The number of Topliss-reactive ketones (excluding diaryl/α,β-unsaturated/α-hetero) is 1. The molecular formula is C27H30FN3O3. The van der Waals surface area contributed by atoms with Crippen LogP contribution in [-0.4, -0.2) is 31.1 Å². The topological polar surface area (TPSA) is 70.7 Å². The smallest absolute Gasteiger partial charge is 0.322 e. The van der Waals surface area contributed by atoms with E-state index in [4.69, 9.17) is 4.74 Å². The van der Waals surface area contributed by atoms with Crippen molar-refractivity contribution in [2.24, 2.45) is 5.41 Å². The zero-order valence-corrected chi connectivity index (χ0v) is 19.6. The number of halogens is 1. The van der Waals surface area contributed by atoms with Gasteiger partial charge in [-0.05, 0) is 54.5 Å². The molecule has 0 spiro atoms. The zero-order valence-electron chi connectivity index (χ0n) is 19.6. The van der Waals surface area contributed by atoms with Crippen LogP contribution in [0.5, 0.6) is 0 Å². The summed E-state index contributed by atoms with van der Waals surface area (Å²) in [6.07, 6.45) is 2.93. The number of hydrogen-bond donors (Lipinski definition) is 2. The fraction of sp³-hybridized carbons (Fsp3) is 0.407. The fourth-order valence-corrected chi connectivity index (χ4v) is 5.26. The standard InChI is InChI=1S/C27H30FN3O3/c1-27(2)14-21-24(23(32)15-27)25(17-9-11-18(28)12-10-17)31(22-8-4-3-7-20(22)30-21)26(33)29-16-19-6-5-13-34-19/h3-4,7-12,19,25,30H,5-6,13-16H2,1-2H3,(H,29,33). The number of amides is 2. The summed E-state index contributed by atoms with van der Waals surface area (Å²) in [7, 11) is 0. The van der Waals surface area contributed by atoms with Gasteiger partial charge >= 0.3 is 6.03 Å². The second-order valence-corrected chi connectivity index (χ2v) is 10.1. The maximum absolute atomic E-state index is 13.8. The molecule has 2 aromatic carbocycles. The molecule has 2 aromatic rings. The number of hydrogen-bond acceptors (Lipinski definition) is 4. The van der Waals surface area contributed by atoms with Crippen LogP contribution in [0, 0.1) is 11.2 Å². The molecule has 2 amide bonds. The highest BCUT2D eigenvalue weighted by Gasteiger charge is 2.43. The van der Waals surface area contributed by atoms with Gasteiger partial charge in [0.05, 0.1) is 23.5 Å². The number of ketones is 1. The van der Waals surface area contributed by atoms with E-state index >= 15 is 0 Å². The van der Waals surface area contributed by atoms with E-state index in [-0.39, 0.29) is 29.2 Å². The van der Waals surface area contributed by atoms with Gasteiger partial charge in [0.2, 0.25) is 0 Å². The molecule has 5 rings (SSSR count). The van der Waals surface area contributed by atoms with E-state index in [1.165, 1.54) is 12.1 Å². The number of para-hydroxylation sites is 2. The minimum atomic E-state index is -0.681. The lowest BCUT2D eigenvalue weighted by Gasteiger charge is -2.37. The molecule has 34 heavy (non-hydrogen) atoms. The van der Waals surface area contributed by atoms with E-state index in [0.717, 1.165) is 24.2 Å². The van der Waals surface area contributed by atoms with Crippen LogP contribution in [0.15, 0.2) is 59.8 Å². The minimum absolute atomic E-state index is 0.00203. The molecule has 7 heteroatoms. The molecule has 178 valence electrons. The van der Waals surface area contributed by atoms with Crippen molar-refractivity contribution in [1.82, 2.24) is 5.32 Å². The molecule has 1 fully saturated rings. The molecule has 3 aliphatic rings. The number of fused-ring (bicyclic) bond motifs is 1. The van der Waals surface area contributed by atoms with Crippen LogP contribution in [0.3, 0.4) is 0 Å². The van der Waals surface area contributed by atoms with Gasteiger partial charge in [-0.25, -0.2) is 9.18 Å². The van der Waals surface area contributed by atoms with E-state index < -0.39 is 6.04 Å². The van der Waals surface area contributed by atoms with Crippen LogP contribution < -0.4 is 15.5 Å². The number of rotatable bonds is 3. The zero-order chi connectivity index (χ0) is 23.9. The fourth-order valence-electron chi connectivity index (χ4n) is 5.26. The molecule has 0 saturated carbocycles. The Morgan fingerprint density at radius 1 is 1.18 bits per heavy atom. The largest absolute Gasteiger partial charge is 0.376 e. The van der Waals surface area contributed by atoms with Crippen molar-refractivity contribution >= 4 is 23.2 Å². The van der Waals surface area contributed by atoms with Gasteiger partial charge in [-0.2, -0.15) is 0 Å². The van der Waals surface area contributed by atoms with E-state index in [1.807, 2.05) is 24.3 Å². The number of carbonyl (C=O) groups excluding carboxylic acids is 2. The van der Waals surface area contributed by atoms with Crippen molar-refractivity contribution in [1.29, 1.82) is 0 Å². The first-order valence-corrected chi connectivity index (χ1v) is 11.9. The van der Waals surface area contributed by atoms with E-state index in [1.54, 1.807) is 17.0 Å². The van der Waals surface area contributed by atoms with Crippen LogP contribution in [0.1, 0.15) is 51.1 Å². The number of nitrogens with zero attached hydrogens (tertiary/aromatic N) is 1. The average Bonchev–Trinajstić information content (AvgIpc) is 3.26. The number of urea groups is 1. The number of nitrogens with one attached hydrogen (secondary N) is 2. The summed E-state index contributed by atoms with van der Waals surface area (Å²) in [4.78, 5) is 29.0. The molecule has 2 atom stereocenters.